The molecule has 0 radical (unpaired) electrons. The molecule has 2 N–H and O–H groups in total. The summed E-state index contributed by atoms with van der Waals surface area (Å²) in [5.74, 6) is -0.919. The number of allylic oxidation sites excluding steroid dienone is 1. The number of rotatable bonds is 3. The molecule has 3 atom stereocenters. The molecule has 7 heteroatoms. The molecule has 1 aliphatic carbocycles. The molecule has 2 amide bonds. The van der Waals surface area contributed by atoms with Crippen molar-refractivity contribution in [2.45, 2.75) is 50.4 Å². The molecular weight excluding hydrogens is 298 g/mol. The first-order valence-electron chi connectivity index (χ1n) is 6.93. The summed E-state index contributed by atoms with van der Waals surface area (Å²) in [5.41, 5.74) is -0.890. The van der Waals surface area contributed by atoms with Gasteiger partial charge in [-0.1, -0.05) is 6.08 Å². The number of ether oxygens (including phenoxy) is 2. The normalized spacial score (nSPS) is 35.4. The SMILES string of the molecule is C/C=C(/C)C1(O)CC(OC(=O)NC(=O)CCl)CCC12CO2. The Hall–Kier alpha value is -1.11. The predicted molar refractivity (Wildman–Crippen MR) is 76.0 cm³/mol. The molecule has 2 fully saturated rings. The summed E-state index contributed by atoms with van der Waals surface area (Å²) in [6, 6.07) is 0. The first-order valence-corrected chi connectivity index (χ1v) is 7.46. The Kier molecular flexibility index (Phi) is 4.60. The van der Waals surface area contributed by atoms with E-state index in [1.54, 1.807) is 0 Å². The van der Waals surface area contributed by atoms with Gasteiger partial charge in [-0.25, -0.2) is 4.79 Å². The van der Waals surface area contributed by atoms with Crippen molar-refractivity contribution in [1.29, 1.82) is 0 Å². The van der Waals surface area contributed by atoms with Gasteiger partial charge in [0.05, 0.1) is 6.61 Å². The lowest BCUT2D eigenvalue weighted by Gasteiger charge is -2.42. The zero-order valence-corrected chi connectivity index (χ0v) is 12.9. The van der Waals surface area contributed by atoms with Gasteiger partial charge in [0.1, 0.15) is 23.2 Å². The standard InChI is InChI=1S/C14H20ClNO5/c1-3-9(2)14(19)6-10(4-5-13(14)8-20-13)21-12(18)16-11(17)7-15/h3,10,19H,4-8H2,1-2H3,(H,16,17,18)/b9-3-. The Labute approximate surface area is 128 Å². The average molecular weight is 318 g/mol. The zero-order chi connectivity index (χ0) is 15.7. The van der Waals surface area contributed by atoms with E-state index in [0.717, 1.165) is 5.57 Å². The van der Waals surface area contributed by atoms with E-state index in [1.165, 1.54) is 0 Å². The number of hydrogen-bond acceptors (Lipinski definition) is 5. The molecule has 1 saturated heterocycles. The smallest absolute Gasteiger partial charge is 0.414 e. The molecule has 0 aromatic rings. The molecule has 118 valence electrons. The van der Waals surface area contributed by atoms with Crippen molar-refractivity contribution in [1.82, 2.24) is 5.32 Å². The van der Waals surface area contributed by atoms with E-state index in [1.807, 2.05) is 25.2 Å². The van der Waals surface area contributed by atoms with Crippen LogP contribution >= 0.6 is 11.6 Å². The Morgan fingerprint density at radius 2 is 2.24 bits per heavy atom. The molecule has 3 unspecified atom stereocenters. The van der Waals surface area contributed by atoms with Crippen LogP contribution < -0.4 is 5.32 Å². The number of imide groups is 1. The second-order valence-electron chi connectivity index (χ2n) is 5.57. The van der Waals surface area contributed by atoms with Crippen LogP contribution in [0, 0.1) is 0 Å². The summed E-state index contributed by atoms with van der Waals surface area (Å²) in [4.78, 5) is 22.6. The van der Waals surface area contributed by atoms with Crippen LogP contribution in [-0.4, -0.2) is 46.9 Å². The van der Waals surface area contributed by atoms with E-state index in [9.17, 15) is 14.7 Å². The third-order valence-electron chi connectivity index (χ3n) is 4.36. The first kappa shape index (κ1) is 16.3. The highest BCUT2D eigenvalue weighted by Crippen LogP contribution is 2.52. The van der Waals surface area contributed by atoms with Gasteiger partial charge in [0.25, 0.3) is 0 Å². The van der Waals surface area contributed by atoms with Crippen molar-refractivity contribution in [3.05, 3.63) is 11.6 Å². The summed E-state index contributed by atoms with van der Waals surface area (Å²) in [7, 11) is 0. The maximum Gasteiger partial charge on any atom is 0.414 e. The number of alkyl halides is 1. The lowest BCUT2D eigenvalue weighted by molar-refractivity contribution is -0.118. The third kappa shape index (κ3) is 3.07. The second kappa shape index (κ2) is 5.94. The molecule has 1 saturated carbocycles. The summed E-state index contributed by atoms with van der Waals surface area (Å²) in [6.07, 6.45) is 1.98. The van der Waals surface area contributed by atoms with Gasteiger partial charge in [0.2, 0.25) is 5.91 Å². The Balaban J connectivity index is 2.02. The number of nitrogens with one attached hydrogen (secondary N) is 1. The molecule has 1 aliphatic heterocycles. The van der Waals surface area contributed by atoms with Gasteiger partial charge in [-0.05, 0) is 32.3 Å². The monoisotopic (exact) mass is 317 g/mol. The fourth-order valence-electron chi connectivity index (χ4n) is 2.88. The molecule has 2 aliphatic rings. The highest BCUT2D eigenvalue weighted by molar-refractivity contribution is 6.28. The van der Waals surface area contributed by atoms with Crippen LogP contribution in [0.25, 0.3) is 0 Å². The fraction of sp³-hybridized carbons (Fsp3) is 0.714. The van der Waals surface area contributed by atoms with Gasteiger partial charge in [0, 0.05) is 6.42 Å². The zero-order valence-electron chi connectivity index (χ0n) is 12.1. The van der Waals surface area contributed by atoms with Crippen molar-refractivity contribution >= 4 is 23.6 Å². The molecular formula is C14H20ClNO5. The maximum atomic E-state index is 11.6. The maximum absolute atomic E-state index is 11.6. The number of hydrogen-bond donors (Lipinski definition) is 2. The van der Waals surface area contributed by atoms with Crippen LogP contribution in [0.15, 0.2) is 11.6 Å². The molecule has 0 aromatic carbocycles. The minimum atomic E-state index is -1.14. The number of amides is 2. The minimum Gasteiger partial charge on any atom is -0.446 e. The summed E-state index contributed by atoms with van der Waals surface area (Å²) in [5, 5.41) is 13.0. The third-order valence-corrected chi connectivity index (χ3v) is 4.60. The topological polar surface area (TPSA) is 88.2 Å². The summed E-state index contributed by atoms with van der Waals surface area (Å²) >= 11 is 5.31. The van der Waals surface area contributed by atoms with E-state index in [4.69, 9.17) is 21.1 Å². The molecule has 1 spiro atoms. The average Bonchev–Trinajstić information content (AvgIpc) is 3.23. The van der Waals surface area contributed by atoms with E-state index < -0.39 is 29.3 Å². The van der Waals surface area contributed by atoms with Crippen molar-refractivity contribution < 1.29 is 24.2 Å². The van der Waals surface area contributed by atoms with Gasteiger partial charge in [0.15, 0.2) is 0 Å². The van der Waals surface area contributed by atoms with Gasteiger partial charge in [-0.3, -0.25) is 10.1 Å². The van der Waals surface area contributed by atoms with Crippen LogP contribution in [0.4, 0.5) is 4.79 Å². The number of aliphatic hydroxyl groups is 1. The van der Waals surface area contributed by atoms with Crippen molar-refractivity contribution in [2.24, 2.45) is 0 Å². The summed E-state index contributed by atoms with van der Waals surface area (Å²) in [6.45, 7) is 4.20. The predicted octanol–water partition coefficient (Wildman–Crippen LogP) is 1.50. The van der Waals surface area contributed by atoms with Crippen molar-refractivity contribution in [2.75, 3.05) is 12.5 Å². The second-order valence-corrected chi connectivity index (χ2v) is 5.83. The lowest BCUT2D eigenvalue weighted by atomic mass is 9.70. The largest absolute Gasteiger partial charge is 0.446 e. The van der Waals surface area contributed by atoms with Gasteiger partial charge >= 0.3 is 6.09 Å². The molecule has 1 heterocycles. The highest BCUT2D eigenvalue weighted by atomic mass is 35.5. The van der Waals surface area contributed by atoms with Crippen LogP contribution in [-0.2, 0) is 14.3 Å². The van der Waals surface area contributed by atoms with E-state index >= 15 is 0 Å². The Morgan fingerprint density at radius 1 is 1.57 bits per heavy atom. The van der Waals surface area contributed by atoms with Gasteiger partial charge in [-0.2, -0.15) is 0 Å². The van der Waals surface area contributed by atoms with Gasteiger partial charge in [-0.15, -0.1) is 11.6 Å². The van der Waals surface area contributed by atoms with Crippen LogP contribution in [0.1, 0.15) is 33.1 Å². The Bertz CT molecular complexity index is 474. The van der Waals surface area contributed by atoms with Crippen molar-refractivity contribution in [3.8, 4) is 0 Å². The number of carbonyl (C=O) groups excluding carboxylic acids is 2. The summed E-state index contributed by atoms with van der Waals surface area (Å²) < 4.78 is 10.7. The van der Waals surface area contributed by atoms with Crippen LogP contribution in [0.3, 0.4) is 0 Å². The molecule has 21 heavy (non-hydrogen) atoms. The molecule has 6 nitrogen and oxygen atoms in total. The number of carbonyl (C=O) groups is 2. The molecule has 0 aromatic heterocycles. The molecule has 0 bridgehead atoms. The van der Waals surface area contributed by atoms with E-state index in [2.05, 4.69) is 0 Å². The molecule has 2 rings (SSSR count). The quantitative estimate of drug-likeness (QED) is 0.468. The van der Waals surface area contributed by atoms with E-state index in [0.29, 0.717) is 19.4 Å². The minimum absolute atomic E-state index is 0.256. The van der Waals surface area contributed by atoms with E-state index in [-0.39, 0.29) is 12.3 Å². The first-order chi connectivity index (χ1) is 9.87. The van der Waals surface area contributed by atoms with Crippen molar-refractivity contribution in [3.63, 3.8) is 0 Å². The Morgan fingerprint density at radius 3 is 2.76 bits per heavy atom. The number of epoxide rings is 1. The highest BCUT2D eigenvalue weighted by Gasteiger charge is 2.64. The van der Waals surface area contributed by atoms with Crippen LogP contribution in [0.5, 0.6) is 0 Å². The van der Waals surface area contributed by atoms with Crippen LogP contribution in [0.2, 0.25) is 0 Å². The number of alkyl carbamates (subject to hydrolysis) is 1. The fourth-order valence-corrected chi connectivity index (χ4v) is 2.94. The van der Waals surface area contributed by atoms with Gasteiger partial charge < -0.3 is 14.6 Å². The lowest BCUT2D eigenvalue weighted by Crippen LogP contribution is -2.53. The number of halogens is 1.